The van der Waals surface area contributed by atoms with Crippen molar-refractivity contribution in [3.63, 3.8) is 0 Å². The number of hydrogen-bond donors (Lipinski definition) is 1. The minimum atomic E-state index is -0.932. The van der Waals surface area contributed by atoms with E-state index in [2.05, 4.69) is 0 Å². The van der Waals surface area contributed by atoms with Crippen LogP contribution >= 0.6 is 0 Å². The molecule has 1 aromatic carbocycles. The van der Waals surface area contributed by atoms with Crippen molar-refractivity contribution in [1.82, 2.24) is 0 Å². The summed E-state index contributed by atoms with van der Waals surface area (Å²) < 4.78 is 10.7. The number of rotatable bonds is 4. The van der Waals surface area contributed by atoms with Gasteiger partial charge in [-0.3, -0.25) is 0 Å². The van der Waals surface area contributed by atoms with Crippen LogP contribution in [0.1, 0.15) is 26.3 Å². The Labute approximate surface area is 90.6 Å². The van der Waals surface area contributed by atoms with E-state index in [-0.39, 0.29) is 0 Å². The average molecular weight is 210 g/mol. The summed E-state index contributed by atoms with van der Waals surface area (Å²) in [5.41, 5.74) is -0.200. The zero-order valence-electron chi connectivity index (χ0n) is 9.70. The molecule has 84 valence electrons. The van der Waals surface area contributed by atoms with Crippen LogP contribution in [0.2, 0.25) is 0 Å². The van der Waals surface area contributed by atoms with Gasteiger partial charge in [-0.15, -0.1) is 0 Å². The van der Waals surface area contributed by atoms with Crippen molar-refractivity contribution in [2.45, 2.75) is 26.4 Å². The summed E-state index contributed by atoms with van der Waals surface area (Å²) in [6.45, 7) is 5.93. The highest BCUT2D eigenvalue weighted by molar-refractivity contribution is 5.48. The van der Waals surface area contributed by atoms with E-state index in [9.17, 15) is 5.11 Å². The van der Waals surface area contributed by atoms with Crippen LogP contribution in [0.15, 0.2) is 18.2 Å². The standard InChI is InChI=1S/C12H18O3/c1-5-15-10-8-6-7-9(11(10)14-4)12(2,3)13/h6-8,13H,5H2,1-4H3. The van der Waals surface area contributed by atoms with Gasteiger partial charge in [0.25, 0.3) is 0 Å². The molecule has 15 heavy (non-hydrogen) atoms. The van der Waals surface area contributed by atoms with Crippen molar-refractivity contribution in [2.75, 3.05) is 13.7 Å². The lowest BCUT2D eigenvalue weighted by atomic mass is 9.97. The van der Waals surface area contributed by atoms with Crippen LogP contribution in [0, 0.1) is 0 Å². The normalized spacial score (nSPS) is 11.3. The summed E-state index contributed by atoms with van der Waals surface area (Å²) in [6.07, 6.45) is 0. The maximum atomic E-state index is 9.96. The Morgan fingerprint density at radius 3 is 2.47 bits per heavy atom. The van der Waals surface area contributed by atoms with Crippen LogP contribution in [0.5, 0.6) is 11.5 Å². The average Bonchev–Trinajstić information content (AvgIpc) is 2.16. The quantitative estimate of drug-likeness (QED) is 0.828. The third-order valence-corrected chi connectivity index (χ3v) is 2.14. The van der Waals surface area contributed by atoms with Crippen LogP contribution in [0.3, 0.4) is 0 Å². The first-order valence-electron chi connectivity index (χ1n) is 5.03. The lowest BCUT2D eigenvalue weighted by Gasteiger charge is -2.22. The molecule has 0 saturated carbocycles. The van der Waals surface area contributed by atoms with Crippen LogP contribution in [-0.4, -0.2) is 18.8 Å². The predicted molar refractivity (Wildman–Crippen MR) is 59.4 cm³/mol. The molecule has 0 bridgehead atoms. The van der Waals surface area contributed by atoms with Crippen LogP contribution in [0.25, 0.3) is 0 Å². The van der Waals surface area contributed by atoms with Gasteiger partial charge < -0.3 is 14.6 Å². The molecule has 0 amide bonds. The number of benzene rings is 1. The monoisotopic (exact) mass is 210 g/mol. The maximum absolute atomic E-state index is 9.96. The molecule has 0 heterocycles. The Morgan fingerprint density at radius 2 is 2.00 bits per heavy atom. The van der Waals surface area contributed by atoms with Crippen molar-refractivity contribution in [3.05, 3.63) is 23.8 Å². The molecular formula is C12H18O3. The van der Waals surface area contributed by atoms with Gasteiger partial charge in [-0.25, -0.2) is 0 Å². The third-order valence-electron chi connectivity index (χ3n) is 2.14. The summed E-state index contributed by atoms with van der Waals surface area (Å²) in [7, 11) is 1.58. The Bertz CT molecular complexity index is 326. The second-order valence-corrected chi connectivity index (χ2v) is 3.83. The van der Waals surface area contributed by atoms with E-state index in [1.165, 1.54) is 0 Å². The number of aliphatic hydroxyl groups is 1. The summed E-state index contributed by atoms with van der Waals surface area (Å²) >= 11 is 0. The van der Waals surface area contributed by atoms with E-state index in [4.69, 9.17) is 9.47 Å². The highest BCUT2D eigenvalue weighted by Gasteiger charge is 2.23. The first-order chi connectivity index (χ1) is 7.00. The minimum Gasteiger partial charge on any atom is -0.492 e. The molecule has 1 aromatic rings. The van der Waals surface area contributed by atoms with Crippen molar-refractivity contribution in [2.24, 2.45) is 0 Å². The summed E-state index contributed by atoms with van der Waals surface area (Å²) in [4.78, 5) is 0. The molecule has 3 nitrogen and oxygen atoms in total. The second-order valence-electron chi connectivity index (χ2n) is 3.83. The summed E-state index contributed by atoms with van der Waals surface area (Å²) in [6, 6.07) is 5.51. The van der Waals surface area contributed by atoms with Gasteiger partial charge in [0.2, 0.25) is 0 Å². The molecular weight excluding hydrogens is 192 g/mol. The van der Waals surface area contributed by atoms with E-state index < -0.39 is 5.60 Å². The number of methoxy groups -OCH3 is 1. The topological polar surface area (TPSA) is 38.7 Å². The van der Waals surface area contributed by atoms with Gasteiger partial charge >= 0.3 is 0 Å². The van der Waals surface area contributed by atoms with Crippen molar-refractivity contribution in [3.8, 4) is 11.5 Å². The molecule has 0 atom stereocenters. The molecule has 1 N–H and O–H groups in total. The Balaban J connectivity index is 3.22. The van der Waals surface area contributed by atoms with Crippen molar-refractivity contribution >= 4 is 0 Å². The molecule has 3 heteroatoms. The zero-order valence-corrected chi connectivity index (χ0v) is 9.70. The van der Waals surface area contributed by atoms with Crippen LogP contribution < -0.4 is 9.47 Å². The van der Waals surface area contributed by atoms with E-state index >= 15 is 0 Å². The molecule has 0 aliphatic rings. The SMILES string of the molecule is CCOc1cccc(C(C)(C)O)c1OC. The molecule has 0 aliphatic heterocycles. The Kier molecular flexibility index (Phi) is 3.58. The highest BCUT2D eigenvalue weighted by atomic mass is 16.5. The number of ether oxygens (including phenoxy) is 2. The third kappa shape index (κ3) is 2.63. The molecule has 0 unspecified atom stereocenters. The van der Waals surface area contributed by atoms with E-state index in [0.29, 0.717) is 18.1 Å². The van der Waals surface area contributed by atoms with Crippen LogP contribution in [-0.2, 0) is 5.60 Å². The molecule has 0 saturated heterocycles. The molecule has 0 fully saturated rings. The second kappa shape index (κ2) is 4.53. The fourth-order valence-corrected chi connectivity index (χ4v) is 1.48. The summed E-state index contributed by atoms with van der Waals surface area (Å²) in [5, 5.41) is 9.96. The first kappa shape index (κ1) is 11.9. The fraction of sp³-hybridized carbons (Fsp3) is 0.500. The van der Waals surface area contributed by atoms with E-state index in [0.717, 1.165) is 5.56 Å². The molecule has 0 spiro atoms. The smallest absolute Gasteiger partial charge is 0.166 e. The maximum Gasteiger partial charge on any atom is 0.166 e. The first-order valence-corrected chi connectivity index (χ1v) is 5.03. The zero-order chi connectivity index (χ0) is 11.5. The van der Waals surface area contributed by atoms with Gasteiger partial charge in [-0.2, -0.15) is 0 Å². The number of para-hydroxylation sites is 1. The van der Waals surface area contributed by atoms with E-state index in [1.54, 1.807) is 21.0 Å². The summed E-state index contributed by atoms with van der Waals surface area (Å²) in [5.74, 6) is 1.27. The largest absolute Gasteiger partial charge is 0.492 e. The fourth-order valence-electron chi connectivity index (χ4n) is 1.48. The van der Waals surface area contributed by atoms with Gasteiger partial charge in [0.15, 0.2) is 11.5 Å². The predicted octanol–water partition coefficient (Wildman–Crippen LogP) is 2.32. The van der Waals surface area contributed by atoms with Crippen molar-refractivity contribution in [1.29, 1.82) is 0 Å². The molecule has 1 rings (SSSR count). The van der Waals surface area contributed by atoms with Gasteiger partial charge in [0.05, 0.1) is 19.3 Å². The minimum absolute atomic E-state index is 0.575. The van der Waals surface area contributed by atoms with Crippen LogP contribution in [0.4, 0.5) is 0 Å². The van der Waals surface area contributed by atoms with Gasteiger partial charge in [0, 0.05) is 5.56 Å². The Hall–Kier alpha value is -1.22. The molecule has 0 radical (unpaired) electrons. The number of hydrogen-bond acceptors (Lipinski definition) is 3. The van der Waals surface area contributed by atoms with Gasteiger partial charge in [0.1, 0.15) is 0 Å². The molecule has 0 aromatic heterocycles. The van der Waals surface area contributed by atoms with Gasteiger partial charge in [-0.05, 0) is 26.8 Å². The van der Waals surface area contributed by atoms with Gasteiger partial charge in [-0.1, -0.05) is 12.1 Å². The van der Waals surface area contributed by atoms with E-state index in [1.807, 2.05) is 25.1 Å². The lowest BCUT2D eigenvalue weighted by Crippen LogP contribution is -2.17. The lowest BCUT2D eigenvalue weighted by molar-refractivity contribution is 0.0750. The van der Waals surface area contributed by atoms with Crippen molar-refractivity contribution < 1.29 is 14.6 Å². The highest BCUT2D eigenvalue weighted by Crippen LogP contribution is 2.37. The Morgan fingerprint density at radius 1 is 1.33 bits per heavy atom. The molecule has 0 aliphatic carbocycles.